The molecule has 98 valence electrons. The van der Waals surface area contributed by atoms with Gasteiger partial charge in [0.1, 0.15) is 5.75 Å². The molecule has 4 atom stereocenters. The van der Waals surface area contributed by atoms with Crippen molar-refractivity contribution in [2.45, 2.75) is 25.0 Å². The highest BCUT2D eigenvalue weighted by Gasteiger charge is 2.62. The number of amides is 2. The number of aromatic hydroxyl groups is 1. The van der Waals surface area contributed by atoms with Crippen LogP contribution in [0.25, 0.3) is 0 Å². The fourth-order valence-electron chi connectivity index (χ4n) is 3.60. The topological polar surface area (TPSA) is 66.8 Å². The first-order chi connectivity index (χ1) is 9.18. The summed E-state index contributed by atoms with van der Waals surface area (Å²) in [5, 5.41) is 9.84. The summed E-state index contributed by atoms with van der Waals surface area (Å²) in [6, 6.07) is 6.44. The van der Waals surface area contributed by atoms with Crippen LogP contribution in [-0.4, -0.2) is 29.1 Å². The van der Waals surface area contributed by atoms with E-state index in [-0.39, 0.29) is 47.3 Å². The SMILES string of the molecule is O=C1[C@@H]2[C@H](C(=O)N1c1ccccc1O)[C@H]1CC[C@H]2O1. The maximum Gasteiger partial charge on any atom is 0.240 e. The number of carbonyl (C=O) groups excluding carboxylic acids is 2. The summed E-state index contributed by atoms with van der Waals surface area (Å²) in [5.41, 5.74) is 0.284. The molecule has 1 N–H and O–H groups in total. The van der Waals surface area contributed by atoms with Crippen LogP contribution in [0, 0.1) is 11.8 Å². The number of imide groups is 1. The Balaban J connectivity index is 1.78. The van der Waals surface area contributed by atoms with Gasteiger partial charge in [-0.15, -0.1) is 0 Å². The number of hydrogen-bond acceptors (Lipinski definition) is 4. The van der Waals surface area contributed by atoms with Crippen LogP contribution in [0.4, 0.5) is 5.69 Å². The third kappa shape index (κ3) is 1.28. The van der Waals surface area contributed by atoms with E-state index in [0.29, 0.717) is 0 Å². The first-order valence-electron chi connectivity index (χ1n) is 6.50. The van der Waals surface area contributed by atoms with Crippen molar-refractivity contribution in [3.8, 4) is 5.75 Å². The van der Waals surface area contributed by atoms with Gasteiger partial charge in [-0.2, -0.15) is 0 Å². The number of ether oxygens (including phenoxy) is 1. The van der Waals surface area contributed by atoms with E-state index in [1.165, 1.54) is 6.07 Å². The lowest BCUT2D eigenvalue weighted by Gasteiger charge is -2.18. The second kappa shape index (κ2) is 3.57. The highest BCUT2D eigenvalue weighted by molar-refractivity contribution is 6.23. The molecule has 3 heterocycles. The zero-order valence-corrected chi connectivity index (χ0v) is 10.2. The molecule has 3 fully saturated rings. The molecule has 0 radical (unpaired) electrons. The molecule has 3 aliphatic rings. The van der Waals surface area contributed by atoms with Gasteiger partial charge in [0, 0.05) is 0 Å². The van der Waals surface area contributed by atoms with E-state index >= 15 is 0 Å². The van der Waals surface area contributed by atoms with E-state index in [4.69, 9.17) is 4.74 Å². The Kier molecular flexibility index (Phi) is 2.07. The lowest BCUT2D eigenvalue weighted by Crippen LogP contribution is -2.34. The smallest absolute Gasteiger partial charge is 0.240 e. The molecule has 2 amide bonds. The van der Waals surface area contributed by atoms with Gasteiger partial charge in [-0.05, 0) is 25.0 Å². The Labute approximate surface area is 109 Å². The third-order valence-electron chi connectivity index (χ3n) is 4.41. The van der Waals surface area contributed by atoms with Crippen molar-refractivity contribution in [2.75, 3.05) is 4.90 Å². The van der Waals surface area contributed by atoms with Gasteiger partial charge in [-0.1, -0.05) is 12.1 Å². The Hall–Kier alpha value is -1.88. The number of phenols is 1. The maximum atomic E-state index is 12.5. The Morgan fingerprint density at radius 2 is 1.63 bits per heavy atom. The predicted molar refractivity (Wildman–Crippen MR) is 65.5 cm³/mol. The van der Waals surface area contributed by atoms with Gasteiger partial charge >= 0.3 is 0 Å². The molecule has 5 nitrogen and oxygen atoms in total. The summed E-state index contributed by atoms with van der Waals surface area (Å²) >= 11 is 0. The van der Waals surface area contributed by atoms with E-state index in [9.17, 15) is 14.7 Å². The molecule has 2 bridgehead atoms. The van der Waals surface area contributed by atoms with Crippen LogP contribution in [0.2, 0.25) is 0 Å². The van der Waals surface area contributed by atoms with Gasteiger partial charge in [0.05, 0.1) is 29.7 Å². The van der Waals surface area contributed by atoms with Crippen LogP contribution in [0.1, 0.15) is 12.8 Å². The van der Waals surface area contributed by atoms with Crippen LogP contribution in [0.3, 0.4) is 0 Å². The molecular formula is C14H13NO4. The Morgan fingerprint density at radius 1 is 1.05 bits per heavy atom. The number of anilines is 1. The first kappa shape index (κ1) is 11.0. The van der Waals surface area contributed by atoms with Crippen LogP contribution in [0.15, 0.2) is 24.3 Å². The molecule has 0 spiro atoms. The number of benzene rings is 1. The number of nitrogens with zero attached hydrogens (tertiary/aromatic N) is 1. The quantitative estimate of drug-likeness (QED) is 0.766. The van der Waals surface area contributed by atoms with Crippen LogP contribution < -0.4 is 4.90 Å². The average Bonchev–Trinajstić information content (AvgIpc) is 3.06. The predicted octanol–water partition coefficient (Wildman–Crippen LogP) is 1.06. The normalized spacial score (nSPS) is 36.1. The molecular weight excluding hydrogens is 246 g/mol. The van der Waals surface area contributed by atoms with E-state index in [0.717, 1.165) is 17.7 Å². The second-order valence-electron chi connectivity index (χ2n) is 5.34. The molecule has 1 aromatic rings. The molecule has 4 rings (SSSR count). The summed E-state index contributed by atoms with van der Waals surface area (Å²) in [4.78, 5) is 26.0. The van der Waals surface area contributed by atoms with Crippen molar-refractivity contribution in [1.82, 2.24) is 0 Å². The maximum absolute atomic E-state index is 12.5. The summed E-state index contributed by atoms with van der Waals surface area (Å²) in [5.74, 6) is -1.22. The molecule has 0 aromatic heterocycles. The van der Waals surface area contributed by atoms with Crippen LogP contribution in [0.5, 0.6) is 5.75 Å². The molecule has 3 aliphatic heterocycles. The van der Waals surface area contributed by atoms with E-state index < -0.39 is 0 Å². The molecule has 3 saturated heterocycles. The molecule has 0 saturated carbocycles. The molecule has 5 heteroatoms. The minimum absolute atomic E-state index is 0.0440. The average molecular weight is 259 g/mol. The molecule has 19 heavy (non-hydrogen) atoms. The van der Waals surface area contributed by atoms with E-state index in [1.54, 1.807) is 18.2 Å². The van der Waals surface area contributed by atoms with Crippen molar-refractivity contribution < 1.29 is 19.4 Å². The van der Waals surface area contributed by atoms with Gasteiger partial charge < -0.3 is 9.84 Å². The van der Waals surface area contributed by atoms with Gasteiger partial charge in [-0.25, -0.2) is 4.90 Å². The van der Waals surface area contributed by atoms with Crippen molar-refractivity contribution in [2.24, 2.45) is 11.8 Å². The third-order valence-corrected chi connectivity index (χ3v) is 4.41. The summed E-state index contributed by atoms with van der Waals surface area (Å²) < 4.78 is 5.66. The van der Waals surface area contributed by atoms with E-state index in [2.05, 4.69) is 0 Å². The van der Waals surface area contributed by atoms with Gasteiger partial charge in [-0.3, -0.25) is 9.59 Å². The summed E-state index contributed by atoms with van der Waals surface area (Å²) in [7, 11) is 0. The monoisotopic (exact) mass is 259 g/mol. The number of carbonyl (C=O) groups is 2. The largest absolute Gasteiger partial charge is 0.506 e. The lowest BCUT2D eigenvalue weighted by atomic mass is 9.81. The second-order valence-corrected chi connectivity index (χ2v) is 5.34. The number of phenolic OH excluding ortho intramolecular Hbond substituents is 1. The standard InChI is InChI=1S/C14H13NO4/c16-8-4-2-1-3-7(8)15-13(17)11-9-5-6-10(19-9)12(11)14(15)18/h1-4,9-12,16H,5-6H2/t9-,10-,11-,12+/m1/s1. The summed E-state index contributed by atoms with van der Waals surface area (Å²) in [6.45, 7) is 0. The number of rotatable bonds is 1. The fourth-order valence-corrected chi connectivity index (χ4v) is 3.60. The fraction of sp³-hybridized carbons (Fsp3) is 0.429. The zero-order valence-electron chi connectivity index (χ0n) is 10.2. The lowest BCUT2D eigenvalue weighted by molar-refractivity contribution is -0.124. The van der Waals surface area contributed by atoms with Crippen molar-refractivity contribution >= 4 is 17.5 Å². The van der Waals surface area contributed by atoms with Crippen molar-refractivity contribution in [3.05, 3.63) is 24.3 Å². The van der Waals surface area contributed by atoms with Crippen molar-refractivity contribution in [1.29, 1.82) is 0 Å². The molecule has 0 aliphatic carbocycles. The van der Waals surface area contributed by atoms with Crippen LogP contribution >= 0.6 is 0 Å². The molecule has 0 unspecified atom stereocenters. The van der Waals surface area contributed by atoms with Gasteiger partial charge in [0.25, 0.3) is 0 Å². The Bertz CT molecular complexity index is 557. The summed E-state index contributed by atoms with van der Waals surface area (Å²) in [6.07, 6.45) is 1.45. The number of hydrogen-bond donors (Lipinski definition) is 1. The zero-order chi connectivity index (χ0) is 13.1. The highest BCUT2D eigenvalue weighted by Crippen LogP contribution is 2.50. The first-order valence-corrected chi connectivity index (χ1v) is 6.50. The Morgan fingerprint density at radius 3 is 2.21 bits per heavy atom. The van der Waals surface area contributed by atoms with Gasteiger partial charge in [0.2, 0.25) is 11.8 Å². The van der Waals surface area contributed by atoms with Crippen molar-refractivity contribution in [3.63, 3.8) is 0 Å². The highest BCUT2D eigenvalue weighted by atomic mass is 16.5. The molecule has 1 aromatic carbocycles. The number of para-hydroxylation sites is 2. The minimum atomic E-state index is -0.356. The van der Waals surface area contributed by atoms with Crippen LogP contribution in [-0.2, 0) is 14.3 Å². The minimum Gasteiger partial charge on any atom is -0.506 e. The number of fused-ring (bicyclic) bond motifs is 5. The van der Waals surface area contributed by atoms with Gasteiger partial charge in [0.15, 0.2) is 0 Å². The van der Waals surface area contributed by atoms with E-state index in [1.807, 2.05) is 0 Å².